The van der Waals surface area contributed by atoms with Gasteiger partial charge in [0.1, 0.15) is 0 Å². The van der Waals surface area contributed by atoms with Gasteiger partial charge in [0, 0.05) is 6.61 Å². The third kappa shape index (κ3) is 3.20. The highest BCUT2D eigenvalue weighted by Crippen LogP contribution is 2.21. The predicted octanol–water partition coefficient (Wildman–Crippen LogP) is 2.08. The van der Waals surface area contributed by atoms with Crippen LogP contribution in [0.25, 0.3) is 0 Å². The number of anilines is 2. The molecule has 3 N–H and O–H groups in total. The molecule has 0 saturated carbocycles. The number of ether oxygens (including phenoxy) is 1. The largest absolute Gasteiger partial charge is 0.397 e. The van der Waals surface area contributed by atoms with Gasteiger partial charge < -0.3 is 15.8 Å². The smallest absolute Gasteiger partial charge is 0.227 e. The van der Waals surface area contributed by atoms with Gasteiger partial charge >= 0.3 is 0 Å². The van der Waals surface area contributed by atoms with Crippen molar-refractivity contribution in [2.45, 2.75) is 32.3 Å². The van der Waals surface area contributed by atoms with Crippen molar-refractivity contribution in [3.8, 4) is 0 Å². The summed E-state index contributed by atoms with van der Waals surface area (Å²) >= 11 is 0. The van der Waals surface area contributed by atoms with Crippen LogP contribution >= 0.6 is 0 Å². The minimum absolute atomic E-state index is 0.0348. The average molecular weight is 234 g/mol. The maximum absolute atomic E-state index is 11.8. The molecule has 1 amide bonds. The first-order chi connectivity index (χ1) is 8.15. The fourth-order valence-electron chi connectivity index (χ4n) is 2.01. The summed E-state index contributed by atoms with van der Waals surface area (Å²) < 4.78 is 5.42. The molecule has 1 fully saturated rings. The topological polar surface area (TPSA) is 64.3 Å². The molecule has 4 nitrogen and oxygen atoms in total. The van der Waals surface area contributed by atoms with Crippen molar-refractivity contribution in [3.05, 3.63) is 23.8 Å². The van der Waals surface area contributed by atoms with Crippen LogP contribution in [0.2, 0.25) is 0 Å². The van der Waals surface area contributed by atoms with E-state index >= 15 is 0 Å². The summed E-state index contributed by atoms with van der Waals surface area (Å²) in [6.07, 6.45) is 2.50. The van der Waals surface area contributed by atoms with Crippen LogP contribution < -0.4 is 11.1 Å². The van der Waals surface area contributed by atoms with Crippen LogP contribution in [-0.2, 0) is 9.53 Å². The van der Waals surface area contributed by atoms with Gasteiger partial charge in [0.15, 0.2) is 0 Å². The second kappa shape index (κ2) is 5.19. The molecule has 4 heteroatoms. The molecular weight excluding hydrogens is 216 g/mol. The van der Waals surface area contributed by atoms with Gasteiger partial charge in [-0.2, -0.15) is 0 Å². The molecule has 0 bridgehead atoms. The van der Waals surface area contributed by atoms with E-state index in [1.807, 2.05) is 25.1 Å². The molecule has 1 atom stereocenters. The number of carbonyl (C=O) groups is 1. The van der Waals surface area contributed by atoms with E-state index in [1.54, 1.807) is 0 Å². The second-order valence-electron chi connectivity index (χ2n) is 4.48. The highest BCUT2D eigenvalue weighted by molar-refractivity contribution is 5.94. The number of nitrogens with two attached hydrogens (primary N) is 1. The van der Waals surface area contributed by atoms with Crippen LogP contribution in [0.4, 0.5) is 11.4 Å². The molecule has 0 aromatic heterocycles. The van der Waals surface area contributed by atoms with Gasteiger partial charge in [-0.3, -0.25) is 4.79 Å². The summed E-state index contributed by atoms with van der Waals surface area (Å²) in [7, 11) is 0. The van der Waals surface area contributed by atoms with Crippen molar-refractivity contribution in [3.63, 3.8) is 0 Å². The van der Waals surface area contributed by atoms with Gasteiger partial charge in [0.2, 0.25) is 5.91 Å². The molecule has 0 spiro atoms. The molecule has 1 aliphatic rings. The van der Waals surface area contributed by atoms with E-state index < -0.39 is 0 Å². The standard InChI is InChI=1S/C13H18N2O2/c1-9-4-5-12(11(14)7-9)15-13(16)8-10-3-2-6-17-10/h4-5,7,10H,2-3,6,8,14H2,1H3,(H,15,16). The van der Waals surface area contributed by atoms with Crippen molar-refractivity contribution in [1.29, 1.82) is 0 Å². The first-order valence-electron chi connectivity index (χ1n) is 5.93. The Morgan fingerprint density at radius 3 is 3.06 bits per heavy atom. The van der Waals surface area contributed by atoms with Gasteiger partial charge in [0.25, 0.3) is 0 Å². The van der Waals surface area contributed by atoms with Crippen LogP contribution in [-0.4, -0.2) is 18.6 Å². The molecule has 1 heterocycles. The summed E-state index contributed by atoms with van der Waals surface area (Å²) in [6, 6.07) is 5.61. The molecule has 1 unspecified atom stereocenters. The SMILES string of the molecule is Cc1ccc(NC(=O)CC2CCCO2)c(N)c1. The number of nitrogen functional groups attached to an aromatic ring is 1. The second-order valence-corrected chi connectivity index (χ2v) is 4.48. The lowest BCUT2D eigenvalue weighted by atomic mass is 10.1. The minimum Gasteiger partial charge on any atom is -0.397 e. The lowest BCUT2D eigenvalue weighted by Gasteiger charge is -2.11. The monoisotopic (exact) mass is 234 g/mol. The number of hydrogen-bond donors (Lipinski definition) is 2. The number of benzene rings is 1. The number of rotatable bonds is 3. The van der Waals surface area contributed by atoms with E-state index in [-0.39, 0.29) is 12.0 Å². The molecule has 1 aromatic rings. The van der Waals surface area contributed by atoms with Crippen molar-refractivity contribution >= 4 is 17.3 Å². The van der Waals surface area contributed by atoms with E-state index in [2.05, 4.69) is 5.32 Å². The van der Waals surface area contributed by atoms with Gasteiger partial charge in [-0.05, 0) is 37.5 Å². The van der Waals surface area contributed by atoms with E-state index in [0.29, 0.717) is 17.8 Å². The van der Waals surface area contributed by atoms with Gasteiger partial charge in [-0.15, -0.1) is 0 Å². The zero-order valence-corrected chi connectivity index (χ0v) is 10.0. The number of nitrogens with one attached hydrogen (secondary N) is 1. The highest BCUT2D eigenvalue weighted by Gasteiger charge is 2.19. The Balaban J connectivity index is 1.93. The number of carbonyl (C=O) groups excluding carboxylic acids is 1. The van der Waals surface area contributed by atoms with Crippen LogP contribution in [0.3, 0.4) is 0 Å². The van der Waals surface area contributed by atoms with Crippen molar-refractivity contribution in [1.82, 2.24) is 0 Å². The summed E-state index contributed by atoms with van der Waals surface area (Å²) in [4.78, 5) is 11.8. The number of hydrogen-bond acceptors (Lipinski definition) is 3. The van der Waals surface area contributed by atoms with E-state index in [9.17, 15) is 4.79 Å². The van der Waals surface area contributed by atoms with E-state index in [1.165, 1.54) is 0 Å². The Bertz CT molecular complexity index is 412. The van der Waals surface area contributed by atoms with Gasteiger partial charge in [0.05, 0.1) is 23.9 Å². The fourth-order valence-corrected chi connectivity index (χ4v) is 2.01. The Morgan fingerprint density at radius 2 is 2.41 bits per heavy atom. The van der Waals surface area contributed by atoms with Gasteiger partial charge in [-0.25, -0.2) is 0 Å². The summed E-state index contributed by atoms with van der Waals surface area (Å²) in [5.74, 6) is -0.0348. The molecule has 1 saturated heterocycles. The molecular formula is C13H18N2O2. The van der Waals surface area contributed by atoms with Crippen LogP contribution in [0.5, 0.6) is 0 Å². The van der Waals surface area contributed by atoms with Crippen LogP contribution in [0.15, 0.2) is 18.2 Å². The Hall–Kier alpha value is -1.55. The lowest BCUT2D eigenvalue weighted by molar-refractivity contribution is -0.118. The number of aryl methyl sites for hydroxylation is 1. The summed E-state index contributed by atoms with van der Waals surface area (Å²) in [6.45, 7) is 2.74. The molecule has 1 aromatic carbocycles. The zero-order chi connectivity index (χ0) is 12.3. The quantitative estimate of drug-likeness (QED) is 0.787. The Labute approximate surface area is 101 Å². The first kappa shape index (κ1) is 11.9. The van der Waals surface area contributed by atoms with Crippen molar-refractivity contribution in [2.24, 2.45) is 0 Å². The van der Waals surface area contributed by atoms with E-state index in [4.69, 9.17) is 10.5 Å². The Morgan fingerprint density at radius 1 is 1.59 bits per heavy atom. The molecule has 17 heavy (non-hydrogen) atoms. The maximum Gasteiger partial charge on any atom is 0.227 e. The Kier molecular flexibility index (Phi) is 3.64. The normalized spacial score (nSPS) is 19.2. The minimum atomic E-state index is -0.0348. The summed E-state index contributed by atoms with van der Waals surface area (Å²) in [5.41, 5.74) is 8.20. The third-order valence-electron chi connectivity index (χ3n) is 2.92. The number of amides is 1. The highest BCUT2D eigenvalue weighted by atomic mass is 16.5. The average Bonchev–Trinajstić information content (AvgIpc) is 2.75. The van der Waals surface area contributed by atoms with Crippen LogP contribution in [0, 0.1) is 6.92 Å². The summed E-state index contributed by atoms with van der Waals surface area (Å²) in [5, 5.41) is 2.82. The molecule has 1 aliphatic heterocycles. The van der Waals surface area contributed by atoms with Crippen molar-refractivity contribution in [2.75, 3.05) is 17.7 Å². The molecule has 0 aliphatic carbocycles. The van der Waals surface area contributed by atoms with Crippen LogP contribution in [0.1, 0.15) is 24.8 Å². The molecule has 2 rings (SSSR count). The first-order valence-corrected chi connectivity index (χ1v) is 5.93. The third-order valence-corrected chi connectivity index (χ3v) is 2.92. The zero-order valence-electron chi connectivity index (χ0n) is 10.0. The fraction of sp³-hybridized carbons (Fsp3) is 0.462. The lowest BCUT2D eigenvalue weighted by Crippen LogP contribution is -2.19. The molecule has 92 valence electrons. The van der Waals surface area contributed by atoms with E-state index in [0.717, 1.165) is 25.0 Å². The predicted molar refractivity (Wildman–Crippen MR) is 67.8 cm³/mol. The van der Waals surface area contributed by atoms with Gasteiger partial charge in [-0.1, -0.05) is 6.07 Å². The maximum atomic E-state index is 11.8. The molecule has 0 radical (unpaired) electrons. The van der Waals surface area contributed by atoms with Crippen molar-refractivity contribution < 1.29 is 9.53 Å².